The van der Waals surface area contributed by atoms with Gasteiger partial charge in [0, 0.05) is 15.6 Å². The number of benzene rings is 2. The highest BCUT2D eigenvalue weighted by molar-refractivity contribution is 9.10. The third kappa shape index (κ3) is 4.26. The van der Waals surface area contributed by atoms with Crippen LogP contribution in [0.2, 0.25) is 0 Å². The van der Waals surface area contributed by atoms with E-state index in [1.165, 1.54) is 11.8 Å². The largest absolute Gasteiger partial charge is 0.338 e. The average Bonchev–Trinajstić information content (AvgIpc) is 3.17. The Morgan fingerprint density at radius 3 is 2.52 bits per heavy atom. The summed E-state index contributed by atoms with van der Waals surface area (Å²) in [6, 6.07) is 19.9. The summed E-state index contributed by atoms with van der Waals surface area (Å²) in [5, 5.41) is 13.5. The first-order chi connectivity index (χ1) is 13.2. The molecule has 134 valence electrons. The summed E-state index contributed by atoms with van der Waals surface area (Å²) in [5.74, 6) is 1.72. The molecule has 0 saturated heterocycles. The zero-order chi connectivity index (χ0) is 18.6. The molecule has 0 radical (unpaired) electrons. The van der Waals surface area contributed by atoms with Crippen LogP contribution in [-0.2, 0) is 5.75 Å². The van der Waals surface area contributed by atoms with Crippen molar-refractivity contribution >= 4 is 27.7 Å². The van der Waals surface area contributed by atoms with E-state index in [4.69, 9.17) is 4.52 Å². The van der Waals surface area contributed by atoms with Gasteiger partial charge >= 0.3 is 0 Å². The summed E-state index contributed by atoms with van der Waals surface area (Å²) in [6.45, 7) is 2.03. The minimum Gasteiger partial charge on any atom is -0.338 e. The lowest BCUT2D eigenvalue weighted by molar-refractivity contribution is 0.391. The van der Waals surface area contributed by atoms with Crippen LogP contribution < -0.4 is 0 Å². The van der Waals surface area contributed by atoms with Gasteiger partial charge in [-0.1, -0.05) is 69.2 Å². The van der Waals surface area contributed by atoms with Crippen molar-refractivity contribution in [2.45, 2.75) is 17.7 Å². The second kappa shape index (κ2) is 8.02. The van der Waals surface area contributed by atoms with Crippen molar-refractivity contribution in [2.75, 3.05) is 0 Å². The van der Waals surface area contributed by atoms with Crippen LogP contribution >= 0.6 is 27.7 Å². The Kier molecular flexibility index (Phi) is 5.31. The first-order valence-corrected chi connectivity index (χ1v) is 10.1. The molecule has 7 heteroatoms. The van der Waals surface area contributed by atoms with E-state index >= 15 is 0 Å². The SMILES string of the molecule is Cc1ccccc1-c1noc(CSc2ccc(-c3ccc(Br)cc3)nn2)n1. The van der Waals surface area contributed by atoms with Crippen LogP contribution in [0.3, 0.4) is 0 Å². The second-order valence-electron chi connectivity index (χ2n) is 5.88. The van der Waals surface area contributed by atoms with Crippen LogP contribution in [0.5, 0.6) is 0 Å². The van der Waals surface area contributed by atoms with Crippen molar-refractivity contribution < 1.29 is 4.52 Å². The van der Waals surface area contributed by atoms with Gasteiger partial charge in [-0.05, 0) is 36.8 Å². The van der Waals surface area contributed by atoms with Crippen molar-refractivity contribution in [3.63, 3.8) is 0 Å². The molecule has 5 nitrogen and oxygen atoms in total. The fourth-order valence-electron chi connectivity index (χ4n) is 2.55. The molecule has 0 fully saturated rings. The predicted octanol–water partition coefficient (Wildman–Crippen LogP) is 5.56. The van der Waals surface area contributed by atoms with E-state index in [-0.39, 0.29) is 0 Å². The van der Waals surface area contributed by atoms with Crippen molar-refractivity contribution in [1.82, 2.24) is 20.3 Å². The van der Waals surface area contributed by atoms with Crippen molar-refractivity contribution in [1.29, 1.82) is 0 Å². The molecule has 27 heavy (non-hydrogen) atoms. The van der Waals surface area contributed by atoms with E-state index in [0.29, 0.717) is 17.5 Å². The highest BCUT2D eigenvalue weighted by atomic mass is 79.9. The van der Waals surface area contributed by atoms with Gasteiger partial charge in [0.2, 0.25) is 11.7 Å². The van der Waals surface area contributed by atoms with Gasteiger partial charge in [0.25, 0.3) is 0 Å². The molecule has 0 saturated carbocycles. The van der Waals surface area contributed by atoms with Gasteiger partial charge in [0.1, 0.15) is 5.03 Å². The van der Waals surface area contributed by atoms with Gasteiger partial charge in [-0.15, -0.1) is 10.2 Å². The maximum atomic E-state index is 5.37. The number of aryl methyl sites for hydroxylation is 1. The molecule has 4 aromatic rings. The average molecular weight is 439 g/mol. The Hall–Kier alpha value is -2.51. The monoisotopic (exact) mass is 438 g/mol. The number of hydrogen-bond acceptors (Lipinski definition) is 6. The zero-order valence-electron chi connectivity index (χ0n) is 14.5. The standard InChI is InChI=1S/C20H15BrN4OS/c1-13-4-2-3-5-16(13)20-22-18(26-25-20)12-27-19-11-10-17(23-24-19)14-6-8-15(21)9-7-14/h2-11H,12H2,1H3. The van der Waals surface area contributed by atoms with Crippen LogP contribution in [0, 0.1) is 6.92 Å². The maximum absolute atomic E-state index is 5.37. The highest BCUT2D eigenvalue weighted by Crippen LogP contribution is 2.25. The third-order valence-electron chi connectivity index (χ3n) is 3.98. The van der Waals surface area contributed by atoms with E-state index in [9.17, 15) is 0 Å². The second-order valence-corrected chi connectivity index (χ2v) is 7.79. The summed E-state index contributed by atoms with van der Waals surface area (Å²) in [4.78, 5) is 4.48. The fraction of sp³-hybridized carbons (Fsp3) is 0.100. The lowest BCUT2D eigenvalue weighted by Gasteiger charge is -2.01. The topological polar surface area (TPSA) is 64.7 Å². The zero-order valence-corrected chi connectivity index (χ0v) is 16.9. The van der Waals surface area contributed by atoms with Gasteiger partial charge in [-0.3, -0.25) is 0 Å². The van der Waals surface area contributed by atoms with Gasteiger partial charge < -0.3 is 4.52 Å². The summed E-state index contributed by atoms with van der Waals surface area (Å²) in [7, 11) is 0. The third-order valence-corrected chi connectivity index (χ3v) is 5.41. The number of nitrogens with zero attached hydrogens (tertiary/aromatic N) is 4. The molecule has 0 bridgehead atoms. The van der Waals surface area contributed by atoms with Crippen LogP contribution in [0.1, 0.15) is 11.5 Å². The number of hydrogen-bond donors (Lipinski definition) is 0. The van der Waals surface area contributed by atoms with Gasteiger partial charge in [-0.25, -0.2) is 0 Å². The molecule has 2 aromatic carbocycles. The number of rotatable bonds is 5. The fourth-order valence-corrected chi connectivity index (χ4v) is 3.47. The van der Waals surface area contributed by atoms with Gasteiger partial charge in [0.05, 0.1) is 11.4 Å². The van der Waals surface area contributed by atoms with E-state index < -0.39 is 0 Å². The molecule has 0 aliphatic heterocycles. The normalized spacial score (nSPS) is 10.9. The lowest BCUT2D eigenvalue weighted by atomic mass is 10.1. The summed E-state index contributed by atoms with van der Waals surface area (Å²) in [5.41, 5.74) is 3.97. The highest BCUT2D eigenvalue weighted by Gasteiger charge is 2.11. The molecule has 0 N–H and O–H groups in total. The molecule has 0 spiro atoms. The van der Waals surface area contributed by atoms with Crippen molar-refractivity contribution in [3.05, 3.63) is 76.6 Å². The lowest BCUT2D eigenvalue weighted by Crippen LogP contribution is -1.90. The number of halogens is 1. The van der Waals surface area contributed by atoms with Crippen LogP contribution in [0.4, 0.5) is 0 Å². The summed E-state index contributed by atoms with van der Waals surface area (Å²) in [6.07, 6.45) is 0. The molecule has 0 aliphatic carbocycles. The van der Waals surface area contributed by atoms with E-state index in [1.807, 2.05) is 67.6 Å². The smallest absolute Gasteiger partial charge is 0.237 e. The summed E-state index contributed by atoms with van der Waals surface area (Å²) < 4.78 is 6.40. The first-order valence-electron chi connectivity index (χ1n) is 8.30. The van der Waals surface area contributed by atoms with Crippen LogP contribution in [-0.4, -0.2) is 20.3 Å². The molecule has 0 atom stereocenters. The quantitative estimate of drug-likeness (QED) is 0.380. The number of aromatic nitrogens is 4. The molecule has 0 aliphatic rings. The van der Waals surface area contributed by atoms with Gasteiger partial charge in [0.15, 0.2) is 0 Å². The Morgan fingerprint density at radius 2 is 1.78 bits per heavy atom. The van der Waals surface area contributed by atoms with Crippen molar-refractivity contribution in [3.8, 4) is 22.6 Å². The Balaban J connectivity index is 1.42. The summed E-state index contributed by atoms with van der Waals surface area (Å²) >= 11 is 4.95. The number of thioether (sulfide) groups is 1. The molecule has 0 amide bonds. The van der Waals surface area contributed by atoms with E-state index in [1.54, 1.807) is 0 Å². The van der Waals surface area contributed by atoms with Crippen molar-refractivity contribution in [2.24, 2.45) is 0 Å². The van der Waals surface area contributed by atoms with Crippen LogP contribution in [0.25, 0.3) is 22.6 Å². The first kappa shape index (κ1) is 17.9. The molecule has 4 rings (SSSR count). The molecule has 0 unspecified atom stereocenters. The maximum Gasteiger partial charge on any atom is 0.237 e. The molecule has 2 aromatic heterocycles. The van der Waals surface area contributed by atoms with E-state index in [2.05, 4.69) is 36.3 Å². The Labute approximate surface area is 169 Å². The van der Waals surface area contributed by atoms with Crippen LogP contribution in [0.15, 0.2) is 74.7 Å². The molecular weight excluding hydrogens is 424 g/mol. The minimum atomic E-state index is 0.547. The molecule has 2 heterocycles. The predicted molar refractivity (Wildman–Crippen MR) is 109 cm³/mol. The Morgan fingerprint density at radius 1 is 0.963 bits per heavy atom. The van der Waals surface area contributed by atoms with Gasteiger partial charge in [-0.2, -0.15) is 4.98 Å². The Bertz CT molecular complexity index is 1050. The molecular formula is C20H15BrN4OS. The minimum absolute atomic E-state index is 0.547. The van der Waals surface area contributed by atoms with E-state index in [0.717, 1.165) is 31.9 Å².